The average molecular weight is 321 g/mol. The van der Waals surface area contributed by atoms with Crippen molar-refractivity contribution in [1.82, 2.24) is 4.98 Å². The molecule has 1 aromatic carbocycles. The van der Waals surface area contributed by atoms with E-state index in [0.29, 0.717) is 22.3 Å². The zero-order chi connectivity index (χ0) is 13.7. The van der Waals surface area contributed by atoms with E-state index in [1.165, 1.54) is 0 Å². The fourth-order valence-corrected chi connectivity index (χ4v) is 2.07. The number of carbonyl (C=O) groups excluding carboxylic acids is 1. The first-order chi connectivity index (χ1) is 9.20. The fraction of sp³-hybridized carbons (Fsp3) is 0.143. The van der Waals surface area contributed by atoms with Gasteiger partial charge in [-0.1, -0.05) is 12.1 Å². The number of hydrogen-bond acceptors (Lipinski definition) is 3. The third-order valence-electron chi connectivity index (χ3n) is 2.62. The van der Waals surface area contributed by atoms with E-state index in [0.717, 1.165) is 5.56 Å². The van der Waals surface area contributed by atoms with Crippen molar-refractivity contribution in [3.05, 3.63) is 58.3 Å². The van der Waals surface area contributed by atoms with Crippen molar-refractivity contribution < 1.29 is 9.90 Å². The van der Waals surface area contributed by atoms with E-state index in [1.807, 2.05) is 24.3 Å². The number of carbonyl (C=O) groups is 1. The van der Waals surface area contributed by atoms with Crippen LogP contribution in [0, 0.1) is 0 Å². The van der Waals surface area contributed by atoms with Crippen LogP contribution in [-0.4, -0.2) is 22.6 Å². The van der Waals surface area contributed by atoms with Crippen molar-refractivity contribution in [3.8, 4) is 0 Å². The van der Waals surface area contributed by atoms with Crippen LogP contribution in [0.25, 0.3) is 0 Å². The van der Waals surface area contributed by atoms with Gasteiger partial charge in [0, 0.05) is 18.5 Å². The summed E-state index contributed by atoms with van der Waals surface area (Å²) in [4.78, 5) is 16.0. The van der Waals surface area contributed by atoms with Gasteiger partial charge in [0.1, 0.15) is 4.60 Å². The third-order valence-corrected chi connectivity index (χ3v) is 3.25. The number of pyridine rings is 1. The number of aliphatic hydroxyl groups is 1. The van der Waals surface area contributed by atoms with Crippen molar-refractivity contribution in [2.45, 2.75) is 6.42 Å². The SMILES string of the molecule is O=C(Nc1ccc(CCO)cc1)c1cccnc1Br. The molecule has 4 nitrogen and oxygen atoms in total. The van der Waals surface area contributed by atoms with Crippen molar-refractivity contribution in [2.75, 3.05) is 11.9 Å². The lowest BCUT2D eigenvalue weighted by atomic mass is 10.1. The summed E-state index contributed by atoms with van der Waals surface area (Å²) in [6.45, 7) is 0.119. The molecule has 19 heavy (non-hydrogen) atoms. The number of rotatable bonds is 4. The number of benzene rings is 1. The number of amides is 1. The predicted molar refractivity (Wildman–Crippen MR) is 77.1 cm³/mol. The van der Waals surface area contributed by atoms with Crippen LogP contribution in [0.4, 0.5) is 5.69 Å². The van der Waals surface area contributed by atoms with Crippen LogP contribution in [-0.2, 0) is 6.42 Å². The van der Waals surface area contributed by atoms with Gasteiger partial charge in [-0.2, -0.15) is 0 Å². The number of nitrogens with one attached hydrogen (secondary N) is 1. The minimum Gasteiger partial charge on any atom is -0.396 e. The topological polar surface area (TPSA) is 62.2 Å². The number of nitrogens with zero attached hydrogens (tertiary/aromatic N) is 1. The van der Waals surface area contributed by atoms with E-state index < -0.39 is 0 Å². The maximum atomic E-state index is 12.0. The van der Waals surface area contributed by atoms with Gasteiger partial charge in [0.05, 0.1) is 5.56 Å². The Hall–Kier alpha value is -1.72. The lowest BCUT2D eigenvalue weighted by Crippen LogP contribution is -2.13. The Balaban J connectivity index is 2.09. The van der Waals surface area contributed by atoms with E-state index >= 15 is 0 Å². The molecule has 0 fully saturated rings. The zero-order valence-corrected chi connectivity index (χ0v) is 11.7. The molecule has 0 saturated carbocycles. The van der Waals surface area contributed by atoms with Crippen LogP contribution in [0.5, 0.6) is 0 Å². The van der Waals surface area contributed by atoms with Gasteiger partial charge in [0.2, 0.25) is 0 Å². The molecule has 98 valence electrons. The maximum Gasteiger partial charge on any atom is 0.258 e. The second-order valence-electron chi connectivity index (χ2n) is 3.97. The Morgan fingerprint density at radius 2 is 2.00 bits per heavy atom. The van der Waals surface area contributed by atoms with Crippen LogP contribution in [0.1, 0.15) is 15.9 Å². The summed E-state index contributed by atoms with van der Waals surface area (Å²) >= 11 is 3.24. The third kappa shape index (κ3) is 3.62. The van der Waals surface area contributed by atoms with Crippen molar-refractivity contribution in [1.29, 1.82) is 0 Å². The first-order valence-corrected chi connectivity index (χ1v) is 6.61. The molecule has 0 aliphatic rings. The summed E-state index contributed by atoms with van der Waals surface area (Å²) in [5, 5.41) is 11.6. The van der Waals surface area contributed by atoms with E-state index in [4.69, 9.17) is 5.11 Å². The Kier molecular flexibility index (Phi) is 4.65. The normalized spacial score (nSPS) is 10.2. The molecule has 0 spiro atoms. The summed E-state index contributed by atoms with van der Waals surface area (Å²) in [6.07, 6.45) is 2.23. The van der Waals surface area contributed by atoms with Crippen LogP contribution >= 0.6 is 15.9 Å². The molecule has 1 heterocycles. The van der Waals surface area contributed by atoms with Crippen molar-refractivity contribution in [3.63, 3.8) is 0 Å². The van der Waals surface area contributed by atoms with Crippen LogP contribution in [0.2, 0.25) is 0 Å². The molecule has 0 aliphatic heterocycles. The monoisotopic (exact) mass is 320 g/mol. The minimum atomic E-state index is -0.213. The number of aliphatic hydroxyl groups excluding tert-OH is 1. The highest BCUT2D eigenvalue weighted by atomic mass is 79.9. The van der Waals surface area contributed by atoms with Gasteiger partial charge < -0.3 is 10.4 Å². The van der Waals surface area contributed by atoms with E-state index in [9.17, 15) is 4.79 Å². The number of anilines is 1. The van der Waals surface area contributed by atoms with Gasteiger partial charge in [-0.3, -0.25) is 4.79 Å². The first kappa shape index (κ1) is 13.7. The van der Waals surface area contributed by atoms with Gasteiger partial charge in [-0.05, 0) is 52.2 Å². The summed E-state index contributed by atoms with van der Waals surface area (Å²) < 4.78 is 0.518. The summed E-state index contributed by atoms with van der Waals surface area (Å²) in [6, 6.07) is 10.8. The van der Waals surface area contributed by atoms with Crippen LogP contribution in [0.15, 0.2) is 47.2 Å². The molecule has 0 aliphatic carbocycles. The summed E-state index contributed by atoms with van der Waals surface area (Å²) in [5.41, 5.74) is 2.23. The largest absolute Gasteiger partial charge is 0.396 e. The Morgan fingerprint density at radius 3 is 2.63 bits per heavy atom. The van der Waals surface area contributed by atoms with Crippen LogP contribution < -0.4 is 5.32 Å². The number of aromatic nitrogens is 1. The Morgan fingerprint density at radius 1 is 1.26 bits per heavy atom. The average Bonchev–Trinajstić information content (AvgIpc) is 2.42. The predicted octanol–water partition coefficient (Wildman–Crippen LogP) is 2.63. The second kappa shape index (κ2) is 6.45. The number of halogens is 1. The first-order valence-electron chi connectivity index (χ1n) is 5.82. The van der Waals surface area contributed by atoms with Gasteiger partial charge >= 0.3 is 0 Å². The van der Waals surface area contributed by atoms with E-state index in [1.54, 1.807) is 18.3 Å². The fourth-order valence-electron chi connectivity index (χ4n) is 1.64. The molecule has 0 atom stereocenters. The molecule has 2 rings (SSSR count). The van der Waals surface area contributed by atoms with E-state index in [2.05, 4.69) is 26.2 Å². The molecule has 5 heteroatoms. The molecule has 1 amide bonds. The minimum absolute atomic E-state index is 0.119. The Labute approximate surface area is 119 Å². The second-order valence-corrected chi connectivity index (χ2v) is 4.72. The van der Waals surface area contributed by atoms with Gasteiger partial charge in [0.15, 0.2) is 0 Å². The van der Waals surface area contributed by atoms with Gasteiger partial charge in [0.25, 0.3) is 5.91 Å². The maximum absolute atomic E-state index is 12.0. The smallest absolute Gasteiger partial charge is 0.258 e. The molecular weight excluding hydrogens is 308 g/mol. The van der Waals surface area contributed by atoms with Gasteiger partial charge in [-0.15, -0.1) is 0 Å². The highest BCUT2D eigenvalue weighted by Gasteiger charge is 2.10. The lowest BCUT2D eigenvalue weighted by Gasteiger charge is -2.07. The summed E-state index contributed by atoms with van der Waals surface area (Å²) in [5.74, 6) is -0.213. The molecule has 2 N–H and O–H groups in total. The Bertz CT molecular complexity index is 570. The number of hydrogen-bond donors (Lipinski definition) is 2. The van der Waals surface area contributed by atoms with Gasteiger partial charge in [-0.25, -0.2) is 4.98 Å². The molecule has 2 aromatic rings. The standard InChI is InChI=1S/C14H13BrN2O2/c15-13-12(2-1-8-16-13)14(19)17-11-5-3-10(4-6-11)7-9-18/h1-6,8,18H,7,9H2,(H,17,19). The molecule has 0 unspecified atom stereocenters. The molecule has 0 bridgehead atoms. The zero-order valence-electron chi connectivity index (χ0n) is 10.1. The van der Waals surface area contributed by atoms with Crippen molar-refractivity contribution >= 4 is 27.5 Å². The quantitative estimate of drug-likeness (QED) is 0.851. The van der Waals surface area contributed by atoms with E-state index in [-0.39, 0.29) is 12.5 Å². The van der Waals surface area contributed by atoms with Crippen LogP contribution in [0.3, 0.4) is 0 Å². The lowest BCUT2D eigenvalue weighted by molar-refractivity contribution is 0.102. The van der Waals surface area contributed by atoms with Crippen molar-refractivity contribution in [2.24, 2.45) is 0 Å². The highest BCUT2D eigenvalue weighted by Crippen LogP contribution is 2.16. The summed E-state index contributed by atoms with van der Waals surface area (Å²) in [7, 11) is 0. The highest BCUT2D eigenvalue weighted by molar-refractivity contribution is 9.10. The molecule has 0 saturated heterocycles. The molecule has 1 aromatic heterocycles. The molecule has 0 radical (unpaired) electrons. The molecular formula is C14H13BrN2O2.